The molecule has 0 aliphatic carbocycles. The number of nitrogens with zero attached hydrogens (tertiary/aromatic N) is 3. The number of amides is 1. The lowest BCUT2D eigenvalue weighted by Crippen LogP contribution is -2.33. The van der Waals surface area contributed by atoms with E-state index in [0.717, 1.165) is 29.1 Å². The van der Waals surface area contributed by atoms with Gasteiger partial charge in [0.05, 0.1) is 23.5 Å². The van der Waals surface area contributed by atoms with Gasteiger partial charge < -0.3 is 20.1 Å². The molecule has 1 amide bonds. The zero-order valence-corrected chi connectivity index (χ0v) is 24.7. The monoisotopic (exact) mass is 551 g/mol. The van der Waals surface area contributed by atoms with E-state index in [1.54, 1.807) is 0 Å². The highest BCUT2D eigenvalue weighted by Crippen LogP contribution is 2.42. The van der Waals surface area contributed by atoms with Crippen LogP contribution in [0.25, 0.3) is 5.69 Å². The van der Waals surface area contributed by atoms with Crippen molar-refractivity contribution >= 4 is 28.9 Å². The minimum absolute atomic E-state index is 0.0234. The Balaban J connectivity index is 1.49. The van der Waals surface area contributed by atoms with Crippen LogP contribution in [-0.2, 0) is 11.2 Å². The van der Waals surface area contributed by atoms with Crippen LogP contribution >= 0.6 is 12.2 Å². The molecule has 2 N–H and O–H groups in total. The number of aromatic nitrogens is 2. The van der Waals surface area contributed by atoms with Crippen LogP contribution in [0.3, 0.4) is 0 Å². The smallest absolute Gasteiger partial charge is 0.226 e. The normalized spacial score (nSPS) is 16.7. The number of hydrogen-bond acceptors (Lipinski definition) is 3. The molecule has 5 rings (SSSR count). The lowest BCUT2D eigenvalue weighted by atomic mass is 9.96. The number of rotatable bonds is 8. The van der Waals surface area contributed by atoms with Gasteiger partial charge in [-0.15, -0.1) is 0 Å². The number of carbonyl (C=O) groups is 1. The third-order valence-corrected chi connectivity index (χ3v) is 8.25. The second-order valence-electron chi connectivity index (χ2n) is 10.5. The summed E-state index contributed by atoms with van der Waals surface area (Å²) in [6.45, 7) is 11.2. The Morgan fingerprint density at radius 1 is 1.00 bits per heavy atom. The Bertz CT molecular complexity index is 1520. The van der Waals surface area contributed by atoms with Crippen LogP contribution in [0.1, 0.15) is 64.8 Å². The highest BCUT2D eigenvalue weighted by molar-refractivity contribution is 7.80. The van der Waals surface area contributed by atoms with E-state index in [9.17, 15) is 4.79 Å². The van der Waals surface area contributed by atoms with Gasteiger partial charge in [-0.1, -0.05) is 49.4 Å². The van der Waals surface area contributed by atoms with Crippen LogP contribution in [0.5, 0.6) is 0 Å². The van der Waals surface area contributed by atoms with Gasteiger partial charge in [0.1, 0.15) is 0 Å². The van der Waals surface area contributed by atoms with Gasteiger partial charge in [0.2, 0.25) is 5.91 Å². The number of carbonyl (C=O) groups excluding carboxylic acids is 1. The van der Waals surface area contributed by atoms with Crippen molar-refractivity contribution in [2.24, 2.45) is 0 Å². The summed E-state index contributed by atoms with van der Waals surface area (Å²) in [5.74, 6) is -0.0234. The predicted octanol–water partition coefficient (Wildman–Crippen LogP) is 6.67. The topological polar surface area (TPSA) is 62.2 Å². The highest BCUT2D eigenvalue weighted by Gasteiger charge is 2.41. The van der Waals surface area contributed by atoms with Gasteiger partial charge in [-0.25, -0.2) is 0 Å². The molecule has 6 nitrogen and oxygen atoms in total. The molecule has 1 fully saturated rings. The molecule has 206 valence electrons. The van der Waals surface area contributed by atoms with E-state index in [0.29, 0.717) is 18.1 Å². The first kappa shape index (κ1) is 27.6. The molecule has 2 aromatic heterocycles. The number of nitrogens with one attached hydrogen (secondary N) is 2. The van der Waals surface area contributed by atoms with Crippen LogP contribution < -0.4 is 10.6 Å². The van der Waals surface area contributed by atoms with Crippen molar-refractivity contribution in [3.8, 4) is 5.69 Å². The fourth-order valence-electron chi connectivity index (χ4n) is 5.96. The molecule has 0 saturated carbocycles. The first-order valence-electron chi connectivity index (χ1n) is 13.9. The van der Waals surface area contributed by atoms with Crippen molar-refractivity contribution in [1.82, 2.24) is 19.8 Å². The number of para-hydroxylation sites is 2. The van der Waals surface area contributed by atoms with Gasteiger partial charge in [0.25, 0.3) is 0 Å². The summed E-state index contributed by atoms with van der Waals surface area (Å²) in [6, 6.07) is 22.4. The zero-order valence-electron chi connectivity index (χ0n) is 23.9. The Hall–Kier alpha value is -3.97. The first-order valence-corrected chi connectivity index (χ1v) is 14.3. The quantitative estimate of drug-likeness (QED) is 0.240. The molecule has 1 saturated heterocycles. The highest BCUT2D eigenvalue weighted by atomic mass is 32.1. The summed E-state index contributed by atoms with van der Waals surface area (Å²) < 4.78 is 2.35. The third kappa shape index (κ3) is 5.26. The lowest BCUT2D eigenvalue weighted by Gasteiger charge is -2.28. The maximum Gasteiger partial charge on any atom is 0.226 e. The molecule has 7 heteroatoms. The van der Waals surface area contributed by atoms with E-state index >= 15 is 0 Å². The molecule has 1 aliphatic heterocycles. The van der Waals surface area contributed by atoms with Crippen LogP contribution in [0, 0.1) is 27.7 Å². The SMILES string of the molecule is CCc1ccccc1NC(=O)CCN1C(=S)N[C@H](c2ccccn2)[C@H]1c1cc(C)n(-c2c(C)cccc2C)c1C. The molecule has 3 heterocycles. The summed E-state index contributed by atoms with van der Waals surface area (Å²) >= 11 is 5.88. The minimum Gasteiger partial charge on any atom is -0.352 e. The molecule has 40 heavy (non-hydrogen) atoms. The maximum atomic E-state index is 13.1. The second-order valence-corrected chi connectivity index (χ2v) is 10.9. The summed E-state index contributed by atoms with van der Waals surface area (Å²) in [5.41, 5.74) is 10.1. The van der Waals surface area contributed by atoms with Crippen LogP contribution in [-0.4, -0.2) is 32.0 Å². The number of thiocarbonyl (C=S) groups is 1. The number of aryl methyl sites for hydroxylation is 4. The van der Waals surface area contributed by atoms with E-state index in [1.807, 2.05) is 42.6 Å². The third-order valence-electron chi connectivity index (χ3n) is 7.90. The predicted molar refractivity (Wildman–Crippen MR) is 166 cm³/mol. The van der Waals surface area contributed by atoms with E-state index < -0.39 is 0 Å². The Labute approximate surface area is 242 Å². The molecule has 2 aromatic carbocycles. The van der Waals surface area contributed by atoms with Gasteiger partial charge in [-0.3, -0.25) is 9.78 Å². The molecule has 0 bridgehead atoms. The second kappa shape index (κ2) is 11.6. The summed E-state index contributed by atoms with van der Waals surface area (Å²) in [6.07, 6.45) is 3.00. The molecule has 4 aromatic rings. The van der Waals surface area contributed by atoms with Crippen LogP contribution in [0.15, 0.2) is 72.9 Å². The largest absolute Gasteiger partial charge is 0.352 e. The summed E-state index contributed by atoms with van der Waals surface area (Å²) in [7, 11) is 0. The zero-order chi connectivity index (χ0) is 28.4. The van der Waals surface area contributed by atoms with Crippen LogP contribution in [0.4, 0.5) is 5.69 Å². The fourth-order valence-corrected chi connectivity index (χ4v) is 6.29. The first-order chi connectivity index (χ1) is 19.3. The van der Waals surface area contributed by atoms with Crippen molar-refractivity contribution in [3.63, 3.8) is 0 Å². The van der Waals surface area contributed by atoms with Gasteiger partial charge in [0.15, 0.2) is 5.11 Å². The molecular formula is C33H37N5OS. The molecule has 2 atom stereocenters. The Kier molecular flexibility index (Phi) is 8.03. The standard InChI is InChI=1S/C33H37N5OS/c1-6-25-14-7-8-15-27(25)35-29(39)17-19-37-32(30(36-33(37)40)28-16-9-10-18-34-28)26-20-23(4)38(24(26)5)31-21(2)12-11-13-22(31)3/h7-16,18,20,30,32H,6,17,19H2,1-5H3,(H,35,39)(H,36,40)/t30-,32-/m1/s1. The molecule has 0 radical (unpaired) electrons. The summed E-state index contributed by atoms with van der Waals surface area (Å²) in [4.78, 5) is 20.0. The van der Waals surface area contributed by atoms with Gasteiger partial charge in [-0.05, 0) is 92.9 Å². The van der Waals surface area contributed by atoms with E-state index in [2.05, 4.69) is 90.0 Å². The number of hydrogen-bond donors (Lipinski definition) is 2. The fraction of sp³-hybridized carbons (Fsp3) is 0.303. The van der Waals surface area contributed by atoms with E-state index in [1.165, 1.54) is 28.1 Å². The lowest BCUT2D eigenvalue weighted by molar-refractivity contribution is -0.116. The van der Waals surface area contributed by atoms with Crippen molar-refractivity contribution in [2.45, 2.75) is 59.5 Å². The van der Waals surface area contributed by atoms with E-state index in [4.69, 9.17) is 12.2 Å². The number of anilines is 1. The summed E-state index contributed by atoms with van der Waals surface area (Å²) in [5, 5.41) is 7.28. The van der Waals surface area contributed by atoms with Gasteiger partial charge >= 0.3 is 0 Å². The van der Waals surface area contributed by atoms with Crippen molar-refractivity contribution in [1.29, 1.82) is 0 Å². The van der Waals surface area contributed by atoms with Crippen molar-refractivity contribution < 1.29 is 4.79 Å². The average Bonchev–Trinajstić information content (AvgIpc) is 3.43. The average molecular weight is 552 g/mol. The molecular weight excluding hydrogens is 514 g/mol. The van der Waals surface area contributed by atoms with E-state index in [-0.39, 0.29) is 18.0 Å². The van der Waals surface area contributed by atoms with Gasteiger partial charge in [0, 0.05) is 36.2 Å². The van der Waals surface area contributed by atoms with Gasteiger partial charge in [-0.2, -0.15) is 0 Å². The minimum atomic E-state index is -0.135. The Morgan fingerprint density at radius 3 is 2.42 bits per heavy atom. The molecule has 0 spiro atoms. The number of benzene rings is 2. The number of pyridine rings is 1. The molecule has 1 aliphatic rings. The van der Waals surface area contributed by atoms with Crippen LogP contribution in [0.2, 0.25) is 0 Å². The Morgan fingerprint density at radius 2 is 1.73 bits per heavy atom. The maximum absolute atomic E-state index is 13.1. The van der Waals surface area contributed by atoms with Crippen molar-refractivity contribution in [2.75, 3.05) is 11.9 Å². The van der Waals surface area contributed by atoms with Crippen molar-refractivity contribution in [3.05, 3.63) is 112 Å². The molecule has 0 unspecified atom stereocenters.